The van der Waals surface area contributed by atoms with Gasteiger partial charge in [0.1, 0.15) is 11.7 Å². The van der Waals surface area contributed by atoms with E-state index in [1.54, 1.807) is 13.8 Å². The number of amides is 3. The lowest BCUT2D eigenvalue weighted by molar-refractivity contribution is -0.142. The summed E-state index contributed by atoms with van der Waals surface area (Å²) in [5, 5.41) is 20.5. The molecule has 0 aliphatic heterocycles. The molecule has 0 bridgehead atoms. The van der Waals surface area contributed by atoms with Crippen molar-refractivity contribution in [2.24, 2.45) is 11.8 Å². The minimum atomic E-state index is -4.30. The minimum absolute atomic E-state index is 0.0698. The van der Waals surface area contributed by atoms with Gasteiger partial charge < -0.3 is 15.0 Å². The number of hydroxylamine groups is 1. The van der Waals surface area contributed by atoms with Gasteiger partial charge in [0, 0.05) is 13.0 Å². The number of aromatic nitrogens is 2. The van der Waals surface area contributed by atoms with Crippen molar-refractivity contribution in [1.29, 1.82) is 0 Å². The second-order valence-electron chi connectivity index (χ2n) is 9.21. The number of rotatable bonds is 14. The second kappa shape index (κ2) is 14.1. The van der Waals surface area contributed by atoms with E-state index in [0.717, 1.165) is 12.8 Å². The number of imidazole rings is 1. The molecular weight excluding hydrogens is 554 g/mol. The predicted molar refractivity (Wildman–Crippen MR) is 140 cm³/mol. The van der Waals surface area contributed by atoms with Crippen LogP contribution in [-0.2, 0) is 37.4 Å². The van der Waals surface area contributed by atoms with Gasteiger partial charge in [0.05, 0.1) is 11.4 Å². The second-order valence-corrected chi connectivity index (χ2v) is 11.3. The van der Waals surface area contributed by atoms with Crippen LogP contribution in [0.2, 0.25) is 5.15 Å². The molecule has 1 atom stereocenters. The summed E-state index contributed by atoms with van der Waals surface area (Å²) >= 11 is 6.04. The Kier molecular flexibility index (Phi) is 11.4. The molecule has 2 aromatic rings. The Morgan fingerprint density at radius 1 is 1.10 bits per heavy atom. The summed E-state index contributed by atoms with van der Waals surface area (Å²) < 4.78 is 28.6. The molecule has 1 aromatic heterocycles. The van der Waals surface area contributed by atoms with E-state index in [0.29, 0.717) is 17.8 Å². The van der Waals surface area contributed by atoms with Gasteiger partial charge in [-0.05, 0) is 36.5 Å². The zero-order valence-corrected chi connectivity index (χ0v) is 23.3. The number of aromatic carboxylic acids is 1. The molecule has 0 spiro atoms. The standard InChI is InChI=1S/C24H32ClN5O8S/c1-4-5-6-18-27-21(25)20(24(34)35)30(18)13-15-7-9-16(10-8-15)39(37,38)29-19(31)12-26-22(32)17(11-14(2)3)23(33)28-36/h7-10,14,17,36H,4-6,11-13H2,1-3H3,(H,26,32)(H,28,33)(H,29,31)(H,34,35). The van der Waals surface area contributed by atoms with Crippen LogP contribution in [0.15, 0.2) is 29.2 Å². The van der Waals surface area contributed by atoms with E-state index in [-0.39, 0.29) is 34.6 Å². The Labute approximate surface area is 231 Å². The van der Waals surface area contributed by atoms with Crippen molar-refractivity contribution in [3.8, 4) is 0 Å². The fourth-order valence-corrected chi connectivity index (χ4v) is 5.01. The van der Waals surface area contributed by atoms with Crippen molar-refractivity contribution in [2.45, 2.75) is 57.9 Å². The molecule has 0 fully saturated rings. The average Bonchev–Trinajstić information content (AvgIpc) is 3.18. The Bertz CT molecular complexity index is 1310. The molecule has 13 nitrogen and oxygen atoms in total. The minimum Gasteiger partial charge on any atom is -0.476 e. The molecule has 5 N–H and O–H groups in total. The smallest absolute Gasteiger partial charge is 0.355 e. The lowest BCUT2D eigenvalue weighted by Gasteiger charge is -2.16. The zero-order valence-electron chi connectivity index (χ0n) is 21.7. The fraction of sp³-hybridized carbons (Fsp3) is 0.458. The molecule has 15 heteroatoms. The highest BCUT2D eigenvalue weighted by Crippen LogP contribution is 2.21. The van der Waals surface area contributed by atoms with Gasteiger partial charge in [0.15, 0.2) is 10.8 Å². The van der Waals surface area contributed by atoms with Gasteiger partial charge in [-0.25, -0.2) is 28.4 Å². The van der Waals surface area contributed by atoms with Crippen LogP contribution < -0.4 is 15.5 Å². The van der Waals surface area contributed by atoms with E-state index >= 15 is 0 Å². The van der Waals surface area contributed by atoms with E-state index in [9.17, 15) is 32.7 Å². The zero-order chi connectivity index (χ0) is 29.3. The van der Waals surface area contributed by atoms with Gasteiger partial charge in [0.25, 0.3) is 21.8 Å². The Morgan fingerprint density at radius 3 is 2.28 bits per heavy atom. The lowest BCUT2D eigenvalue weighted by Crippen LogP contribution is -2.45. The number of halogens is 1. The molecule has 3 amide bonds. The molecule has 1 aromatic carbocycles. The number of carboxylic acid groups (broad SMARTS) is 1. The molecule has 1 unspecified atom stereocenters. The van der Waals surface area contributed by atoms with Crippen molar-refractivity contribution in [2.75, 3.05) is 6.54 Å². The van der Waals surface area contributed by atoms with Crippen molar-refractivity contribution in [1.82, 2.24) is 25.1 Å². The number of nitrogens with zero attached hydrogens (tertiary/aromatic N) is 2. The molecule has 1 heterocycles. The first kappa shape index (κ1) is 31.7. The summed E-state index contributed by atoms with van der Waals surface area (Å²) in [6.07, 6.45) is 2.26. The van der Waals surface area contributed by atoms with Crippen molar-refractivity contribution >= 4 is 45.3 Å². The molecule has 0 saturated heterocycles. The highest BCUT2D eigenvalue weighted by molar-refractivity contribution is 7.90. The van der Waals surface area contributed by atoms with Crippen LogP contribution in [0.1, 0.15) is 61.9 Å². The number of sulfonamides is 1. The van der Waals surface area contributed by atoms with E-state index in [1.165, 1.54) is 34.3 Å². The summed E-state index contributed by atoms with van der Waals surface area (Å²) in [6.45, 7) is 4.87. The van der Waals surface area contributed by atoms with Gasteiger partial charge in [-0.15, -0.1) is 0 Å². The van der Waals surface area contributed by atoms with E-state index in [1.807, 2.05) is 11.6 Å². The number of hydrogen-bond donors (Lipinski definition) is 5. The van der Waals surface area contributed by atoms with Crippen LogP contribution >= 0.6 is 11.6 Å². The van der Waals surface area contributed by atoms with Crippen LogP contribution in [-0.4, -0.2) is 58.5 Å². The quantitative estimate of drug-likeness (QED) is 0.124. The SMILES string of the molecule is CCCCc1nc(Cl)c(C(=O)O)n1Cc1ccc(S(=O)(=O)NC(=O)CNC(=O)C(CC(C)C)C(=O)NO)cc1. The first-order chi connectivity index (χ1) is 18.3. The third-order valence-corrected chi connectivity index (χ3v) is 7.31. The molecule has 39 heavy (non-hydrogen) atoms. The molecule has 0 aliphatic rings. The maximum absolute atomic E-state index is 12.7. The number of unbranched alkanes of at least 4 members (excludes halogenated alkanes) is 1. The van der Waals surface area contributed by atoms with Crippen LogP contribution in [0.4, 0.5) is 0 Å². The summed E-state index contributed by atoms with van der Waals surface area (Å²) in [4.78, 5) is 51.9. The maximum atomic E-state index is 12.7. The Morgan fingerprint density at radius 2 is 1.74 bits per heavy atom. The highest BCUT2D eigenvalue weighted by Gasteiger charge is 2.28. The molecule has 0 radical (unpaired) electrons. The molecule has 0 saturated carbocycles. The van der Waals surface area contributed by atoms with Crippen LogP contribution in [0.25, 0.3) is 0 Å². The van der Waals surface area contributed by atoms with Gasteiger partial charge in [-0.1, -0.05) is 50.9 Å². The van der Waals surface area contributed by atoms with E-state index in [2.05, 4.69) is 10.3 Å². The number of carboxylic acids is 1. The molecule has 214 valence electrons. The van der Waals surface area contributed by atoms with Crippen LogP contribution in [0.3, 0.4) is 0 Å². The highest BCUT2D eigenvalue weighted by atomic mass is 35.5. The number of carbonyl (C=O) groups is 4. The van der Waals surface area contributed by atoms with Crippen molar-refractivity contribution in [3.63, 3.8) is 0 Å². The number of benzene rings is 1. The maximum Gasteiger partial charge on any atom is 0.355 e. The summed E-state index contributed by atoms with van der Waals surface area (Å²) in [5.74, 6) is -4.90. The third kappa shape index (κ3) is 8.76. The normalized spacial score (nSPS) is 12.2. The Balaban J connectivity index is 2.10. The first-order valence-corrected chi connectivity index (χ1v) is 14.0. The number of nitrogens with one attached hydrogen (secondary N) is 3. The van der Waals surface area contributed by atoms with Gasteiger partial charge in [0.2, 0.25) is 5.91 Å². The third-order valence-electron chi connectivity index (χ3n) is 5.66. The van der Waals surface area contributed by atoms with Crippen molar-refractivity contribution in [3.05, 3.63) is 46.5 Å². The van der Waals surface area contributed by atoms with Crippen LogP contribution in [0.5, 0.6) is 0 Å². The van der Waals surface area contributed by atoms with Gasteiger partial charge in [-0.2, -0.15) is 0 Å². The lowest BCUT2D eigenvalue weighted by atomic mass is 9.95. The van der Waals surface area contributed by atoms with Crippen molar-refractivity contribution < 1.29 is 37.9 Å². The largest absolute Gasteiger partial charge is 0.476 e. The van der Waals surface area contributed by atoms with E-state index < -0.39 is 46.2 Å². The van der Waals surface area contributed by atoms with Gasteiger partial charge >= 0.3 is 5.97 Å². The molecular formula is C24H32ClN5O8S. The summed E-state index contributed by atoms with van der Waals surface area (Å²) in [5.41, 5.74) is 1.81. The number of aryl methyl sites for hydroxylation is 1. The van der Waals surface area contributed by atoms with E-state index in [4.69, 9.17) is 16.8 Å². The average molecular weight is 586 g/mol. The molecule has 2 rings (SSSR count). The topological polar surface area (TPSA) is 197 Å². The molecule has 0 aliphatic carbocycles. The first-order valence-electron chi connectivity index (χ1n) is 12.1. The monoisotopic (exact) mass is 585 g/mol. The summed E-state index contributed by atoms with van der Waals surface area (Å²) in [7, 11) is -4.30. The summed E-state index contributed by atoms with van der Waals surface area (Å²) in [6, 6.07) is 5.43. The number of hydrogen-bond acceptors (Lipinski definition) is 8. The fourth-order valence-electron chi connectivity index (χ4n) is 3.74. The van der Waals surface area contributed by atoms with Gasteiger partial charge in [-0.3, -0.25) is 19.6 Å². The number of carbonyl (C=O) groups excluding carboxylic acids is 3. The predicted octanol–water partition coefficient (Wildman–Crippen LogP) is 1.71. The Hall–Kier alpha value is -3.49. The van der Waals surface area contributed by atoms with Crippen LogP contribution in [0, 0.1) is 11.8 Å².